The van der Waals surface area contributed by atoms with Crippen molar-refractivity contribution in [1.29, 1.82) is 0 Å². The third kappa shape index (κ3) is 4.99. The lowest BCUT2D eigenvalue weighted by Crippen LogP contribution is -2.08. The van der Waals surface area contributed by atoms with Crippen LogP contribution in [0.1, 0.15) is 24.4 Å². The summed E-state index contributed by atoms with van der Waals surface area (Å²) in [5.74, 6) is 1.62. The van der Waals surface area contributed by atoms with Crippen LogP contribution in [0.25, 0.3) is 11.5 Å². The predicted octanol–water partition coefficient (Wildman–Crippen LogP) is 4.90. The van der Waals surface area contributed by atoms with Crippen molar-refractivity contribution >= 4 is 17.3 Å². The zero-order valence-corrected chi connectivity index (χ0v) is 16.3. The van der Waals surface area contributed by atoms with Gasteiger partial charge >= 0.3 is 0 Å². The van der Waals surface area contributed by atoms with Crippen LogP contribution in [0.2, 0.25) is 5.02 Å². The minimum absolute atomic E-state index is 0.173. The minimum Gasteiger partial charge on any atom is -0.490 e. The topological polar surface area (TPSA) is 69.4 Å². The van der Waals surface area contributed by atoms with Gasteiger partial charge in [0.15, 0.2) is 0 Å². The van der Waals surface area contributed by atoms with Gasteiger partial charge in [0.05, 0.1) is 11.6 Å². The summed E-state index contributed by atoms with van der Waals surface area (Å²) in [6.45, 7) is 4.94. The maximum Gasteiger partial charge on any atom is 0.247 e. The molecule has 3 rings (SSSR count). The summed E-state index contributed by atoms with van der Waals surface area (Å²) >= 11 is 6.28. The highest BCUT2D eigenvalue weighted by Crippen LogP contribution is 2.30. The van der Waals surface area contributed by atoms with Gasteiger partial charge in [0.1, 0.15) is 18.4 Å². The van der Waals surface area contributed by atoms with E-state index < -0.39 is 0 Å². The number of anilines is 1. The second-order valence-corrected chi connectivity index (χ2v) is 6.57. The molecule has 6 nitrogen and oxygen atoms in total. The molecule has 0 aliphatic rings. The lowest BCUT2D eigenvalue weighted by molar-refractivity contribution is 0.146. The van der Waals surface area contributed by atoms with Gasteiger partial charge in [-0.3, -0.25) is 0 Å². The van der Waals surface area contributed by atoms with Crippen LogP contribution in [0, 0.1) is 6.92 Å². The van der Waals surface area contributed by atoms with Crippen molar-refractivity contribution in [2.45, 2.75) is 19.9 Å². The predicted molar refractivity (Wildman–Crippen MR) is 105 cm³/mol. The SMILES string of the molecule is COCCOc1ccc(N[C@H](C)c2nnc(-c3ccc(C)cc3)o2)cc1Cl. The highest BCUT2D eigenvalue weighted by Gasteiger charge is 2.15. The zero-order chi connectivity index (χ0) is 19.2. The van der Waals surface area contributed by atoms with E-state index in [1.807, 2.05) is 50.2 Å². The van der Waals surface area contributed by atoms with E-state index in [0.717, 1.165) is 11.3 Å². The summed E-state index contributed by atoms with van der Waals surface area (Å²) in [5.41, 5.74) is 2.91. The number of rotatable bonds is 8. The molecule has 1 aromatic heterocycles. The molecule has 0 radical (unpaired) electrons. The average molecular weight is 388 g/mol. The summed E-state index contributed by atoms with van der Waals surface area (Å²) in [5, 5.41) is 12.1. The fourth-order valence-corrected chi connectivity index (χ4v) is 2.71. The summed E-state index contributed by atoms with van der Waals surface area (Å²) < 4.78 is 16.3. The maximum atomic E-state index is 6.28. The number of nitrogens with one attached hydrogen (secondary N) is 1. The lowest BCUT2D eigenvalue weighted by Gasteiger charge is -2.13. The second kappa shape index (κ2) is 8.88. The van der Waals surface area contributed by atoms with Gasteiger partial charge < -0.3 is 19.2 Å². The van der Waals surface area contributed by atoms with E-state index in [-0.39, 0.29) is 6.04 Å². The molecule has 0 fully saturated rings. The van der Waals surface area contributed by atoms with Gasteiger partial charge in [-0.25, -0.2) is 0 Å². The van der Waals surface area contributed by atoms with Gasteiger partial charge in [0.25, 0.3) is 0 Å². The largest absolute Gasteiger partial charge is 0.490 e. The van der Waals surface area contributed by atoms with Crippen molar-refractivity contribution in [1.82, 2.24) is 10.2 Å². The van der Waals surface area contributed by atoms with E-state index in [9.17, 15) is 0 Å². The quantitative estimate of drug-likeness (QED) is 0.554. The number of hydrogen-bond donors (Lipinski definition) is 1. The van der Waals surface area contributed by atoms with Gasteiger partial charge in [-0.05, 0) is 44.2 Å². The fourth-order valence-electron chi connectivity index (χ4n) is 2.48. The molecule has 0 spiro atoms. The molecule has 1 N–H and O–H groups in total. The third-order valence-corrected chi connectivity index (χ3v) is 4.27. The van der Waals surface area contributed by atoms with Crippen molar-refractivity contribution in [3.63, 3.8) is 0 Å². The number of ether oxygens (including phenoxy) is 2. The number of hydrogen-bond acceptors (Lipinski definition) is 6. The zero-order valence-electron chi connectivity index (χ0n) is 15.5. The number of halogens is 1. The fraction of sp³-hybridized carbons (Fsp3) is 0.300. The van der Waals surface area contributed by atoms with Crippen molar-refractivity contribution < 1.29 is 13.9 Å². The Bertz CT molecular complexity index is 880. The molecule has 1 heterocycles. The summed E-state index contributed by atoms with van der Waals surface area (Å²) in [6.07, 6.45) is 0. The van der Waals surface area contributed by atoms with E-state index in [4.69, 9.17) is 25.5 Å². The Balaban J connectivity index is 1.66. The van der Waals surface area contributed by atoms with Crippen LogP contribution in [-0.2, 0) is 4.74 Å². The van der Waals surface area contributed by atoms with E-state index in [0.29, 0.717) is 35.8 Å². The molecule has 0 aliphatic heterocycles. The minimum atomic E-state index is -0.173. The smallest absolute Gasteiger partial charge is 0.247 e. The first-order chi connectivity index (χ1) is 13.1. The molecule has 0 bridgehead atoms. The Morgan fingerprint density at radius 2 is 1.89 bits per heavy atom. The van der Waals surface area contributed by atoms with E-state index in [1.54, 1.807) is 13.2 Å². The number of aromatic nitrogens is 2. The second-order valence-electron chi connectivity index (χ2n) is 6.16. The molecule has 0 unspecified atom stereocenters. The number of methoxy groups -OCH3 is 1. The first-order valence-corrected chi connectivity index (χ1v) is 9.03. The van der Waals surface area contributed by atoms with Crippen LogP contribution in [0.3, 0.4) is 0 Å². The van der Waals surface area contributed by atoms with Crippen molar-refractivity contribution in [3.8, 4) is 17.2 Å². The van der Waals surface area contributed by atoms with Crippen molar-refractivity contribution in [3.05, 3.63) is 58.9 Å². The van der Waals surface area contributed by atoms with Crippen LogP contribution in [0.15, 0.2) is 46.9 Å². The van der Waals surface area contributed by atoms with Crippen LogP contribution >= 0.6 is 11.6 Å². The van der Waals surface area contributed by atoms with Gasteiger partial charge in [0.2, 0.25) is 11.8 Å². The van der Waals surface area contributed by atoms with E-state index in [2.05, 4.69) is 15.5 Å². The summed E-state index contributed by atoms with van der Waals surface area (Å²) in [6, 6.07) is 13.3. The van der Waals surface area contributed by atoms with Gasteiger partial charge in [-0.15, -0.1) is 10.2 Å². The maximum absolute atomic E-state index is 6.28. The Morgan fingerprint density at radius 1 is 1.11 bits per heavy atom. The molecule has 0 saturated heterocycles. The molecular weight excluding hydrogens is 366 g/mol. The Hall–Kier alpha value is -2.57. The molecule has 1 atom stereocenters. The van der Waals surface area contributed by atoms with Crippen molar-refractivity contribution in [2.75, 3.05) is 25.6 Å². The molecule has 0 aliphatic carbocycles. The van der Waals surface area contributed by atoms with Gasteiger partial charge in [-0.1, -0.05) is 29.3 Å². The first kappa shape index (κ1) is 19.2. The monoisotopic (exact) mass is 387 g/mol. The van der Waals surface area contributed by atoms with Gasteiger partial charge in [0, 0.05) is 18.4 Å². The first-order valence-electron chi connectivity index (χ1n) is 8.65. The van der Waals surface area contributed by atoms with E-state index >= 15 is 0 Å². The molecule has 2 aromatic carbocycles. The highest BCUT2D eigenvalue weighted by molar-refractivity contribution is 6.32. The molecule has 0 amide bonds. The third-order valence-electron chi connectivity index (χ3n) is 3.97. The summed E-state index contributed by atoms with van der Waals surface area (Å²) in [7, 11) is 1.63. The standard InChI is InChI=1S/C20H22ClN3O3/c1-13-4-6-15(7-5-13)20-24-23-19(27-20)14(2)22-16-8-9-18(17(21)12-16)26-11-10-25-3/h4-9,12,14,22H,10-11H2,1-3H3/t14-/m1/s1. The Labute approximate surface area is 163 Å². The molecule has 27 heavy (non-hydrogen) atoms. The van der Waals surface area contributed by atoms with Crippen LogP contribution in [-0.4, -0.2) is 30.5 Å². The number of nitrogens with zero attached hydrogens (tertiary/aromatic N) is 2. The van der Waals surface area contributed by atoms with Crippen LogP contribution < -0.4 is 10.1 Å². The van der Waals surface area contributed by atoms with Crippen molar-refractivity contribution in [2.24, 2.45) is 0 Å². The Morgan fingerprint density at radius 3 is 2.59 bits per heavy atom. The molecule has 3 aromatic rings. The normalized spacial score (nSPS) is 12.0. The molecule has 142 valence electrons. The molecule has 0 saturated carbocycles. The van der Waals surface area contributed by atoms with Crippen LogP contribution in [0.4, 0.5) is 5.69 Å². The van der Waals surface area contributed by atoms with E-state index in [1.165, 1.54) is 5.56 Å². The molecular formula is C20H22ClN3O3. The highest BCUT2D eigenvalue weighted by atomic mass is 35.5. The number of benzene rings is 2. The Kier molecular flexibility index (Phi) is 6.32. The van der Waals surface area contributed by atoms with Gasteiger partial charge in [-0.2, -0.15) is 0 Å². The lowest BCUT2D eigenvalue weighted by atomic mass is 10.1. The van der Waals surface area contributed by atoms with Crippen LogP contribution in [0.5, 0.6) is 5.75 Å². The summed E-state index contributed by atoms with van der Waals surface area (Å²) in [4.78, 5) is 0. The number of aryl methyl sites for hydroxylation is 1. The molecule has 7 heteroatoms. The average Bonchev–Trinajstić information content (AvgIpc) is 3.14.